The highest BCUT2D eigenvalue weighted by Gasteiger charge is 2.39. The second-order valence-electron chi connectivity index (χ2n) is 5.50. The zero-order chi connectivity index (χ0) is 14.1. The number of fused-ring (bicyclic) bond motifs is 2. The number of anilines is 1. The van der Waals surface area contributed by atoms with Gasteiger partial charge in [0.05, 0.1) is 7.11 Å². The SMILES string of the molecule is COc1ccc(NC(=O)N2C3CCCC2CC3)cc1F. The predicted molar refractivity (Wildman–Crippen MR) is 74.5 cm³/mol. The third-order valence-electron chi connectivity index (χ3n) is 4.33. The number of benzene rings is 1. The van der Waals surface area contributed by atoms with Crippen molar-refractivity contribution >= 4 is 11.7 Å². The third-order valence-corrected chi connectivity index (χ3v) is 4.33. The molecule has 2 atom stereocenters. The molecule has 108 valence electrons. The first-order chi connectivity index (χ1) is 9.69. The van der Waals surface area contributed by atoms with Crippen molar-refractivity contribution in [2.75, 3.05) is 12.4 Å². The van der Waals surface area contributed by atoms with Crippen LogP contribution in [-0.2, 0) is 0 Å². The number of nitrogens with one attached hydrogen (secondary N) is 1. The van der Waals surface area contributed by atoms with Gasteiger partial charge in [0.2, 0.25) is 0 Å². The number of carbonyl (C=O) groups is 1. The fourth-order valence-corrected chi connectivity index (χ4v) is 3.38. The molecule has 0 aromatic heterocycles. The van der Waals surface area contributed by atoms with Gasteiger partial charge in [-0.3, -0.25) is 0 Å². The summed E-state index contributed by atoms with van der Waals surface area (Å²) in [6, 6.07) is 5.08. The molecule has 0 spiro atoms. The summed E-state index contributed by atoms with van der Waals surface area (Å²) in [7, 11) is 1.42. The summed E-state index contributed by atoms with van der Waals surface area (Å²) in [5, 5.41) is 2.80. The van der Waals surface area contributed by atoms with Crippen molar-refractivity contribution in [3.05, 3.63) is 24.0 Å². The maximum Gasteiger partial charge on any atom is 0.322 e. The summed E-state index contributed by atoms with van der Waals surface area (Å²) < 4.78 is 18.5. The van der Waals surface area contributed by atoms with E-state index in [0.717, 1.165) is 25.7 Å². The maximum absolute atomic E-state index is 13.6. The van der Waals surface area contributed by atoms with Crippen molar-refractivity contribution in [1.29, 1.82) is 0 Å². The van der Waals surface area contributed by atoms with Crippen molar-refractivity contribution in [2.24, 2.45) is 0 Å². The van der Waals surface area contributed by atoms with E-state index >= 15 is 0 Å². The summed E-state index contributed by atoms with van der Waals surface area (Å²) in [5.41, 5.74) is 0.471. The van der Waals surface area contributed by atoms with E-state index < -0.39 is 5.82 Å². The van der Waals surface area contributed by atoms with Gasteiger partial charge in [0.1, 0.15) is 0 Å². The molecular weight excluding hydrogens is 259 g/mol. The molecule has 2 aliphatic rings. The molecule has 2 bridgehead atoms. The molecule has 1 aromatic carbocycles. The van der Waals surface area contributed by atoms with Crippen molar-refractivity contribution in [3.63, 3.8) is 0 Å². The summed E-state index contributed by atoms with van der Waals surface area (Å²) in [6.07, 6.45) is 5.56. The predicted octanol–water partition coefficient (Wildman–Crippen LogP) is 3.38. The molecule has 1 aromatic rings. The molecule has 2 amide bonds. The van der Waals surface area contributed by atoms with Crippen molar-refractivity contribution in [3.8, 4) is 5.75 Å². The van der Waals surface area contributed by atoms with Crippen LogP contribution in [-0.4, -0.2) is 30.1 Å². The smallest absolute Gasteiger partial charge is 0.322 e. The number of hydrogen-bond donors (Lipinski definition) is 1. The largest absolute Gasteiger partial charge is 0.494 e. The lowest BCUT2D eigenvalue weighted by Crippen LogP contribution is -2.46. The van der Waals surface area contributed by atoms with Crippen LogP contribution in [0.15, 0.2) is 18.2 Å². The average molecular weight is 278 g/mol. The molecule has 0 radical (unpaired) electrons. The molecular formula is C15H19FN2O2. The van der Waals surface area contributed by atoms with E-state index in [2.05, 4.69) is 5.32 Å². The minimum Gasteiger partial charge on any atom is -0.494 e. The number of urea groups is 1. The van der Waals surface area contributed by atoms with E-state index in [0.29, 0.717) is 17.8 Å². The summed E-state index contributed by atoms with van der Waals surface area (Å²) in [4.78, 5) is 14.3. The molecule has 3 rings (SSSR count). The minimum atomic E-state index is -0.466. The van der Waals surface area contributed by atoms with E-state index in [9.17, 15) is 9.18 Å². The minimum absolute atomic E-state index is 0.109. The van der Waals surface area contributed by atoms with E-state index in [1.54, 1.807) is 6.07 Å². The summed E-state index contributed by atoms with van der Waals surface area (Å²) in [5.74, 6) is -0.284. The quantitative estimate of drug-likeness (QED) is 0.901. The Kier molecular flexibility index (Phi) is 3.51. The van der Waals surface area contributed by atoms with Gasteiger partial charge >= 0.3 is 6.03 Å². The van der Waals surface area contributed by atoms with Gasteiger partial charge in [-0.1, -0.05) is 0 Å². The zero-order valence-electron chi connectivity index (χ0n) is 11.6. The number of carbonyl (C=O) groups excluding carboxylic acids is 1. The Morgan fingerprint density at radius 2 is 2.00 bits per heavy atom. The number of piperidine rings is 1. The van der Waals surface area contributed by atoms with Gasteiger partial charge < -0.3 is 15.0 Å². The Morgan fingerprint density at radius 3 is 2.60 bits per heavy atom. The van der Waals surface area contributed by atoms with E-state index in [-0.39, 0.29) is 11.8 Å². The number of methoxy groups -OCH3 is 1. The second kappa shape index (κ2) is 5.31. The Labute approximate surface area is 117 Å². The summed E-state index contributed by atoms with van der Waals surface area (Å²) >= 11 is 0. The highest BCUT2D eigenvalue weighted by molar-refractivity contribution is 5.90. The number of rotatable bonds is 2. The average Bonchev–Trinajstić information content (AvgIpc) is 2.69. The molecule has 20 heavy (non-hydrogen) atoms. The van der Waals surface area contributed by atoms with Crippen LogP contribution < -0.4 is 10.1 Å². The first-order valence-corrected chi connectivity index (χ1v) is 7.12. The normalized spacial score (nSPS) is 24.6. The Balaban J connectivity index is 1.71. The zero-order valence-corrected chi connectivity index (χ0v) is 11.6. The topological polar surface area (TPSA) is 41.6 Å². The van der Waals surface area contributed by atoms with Gasteiger partial charge in [0.15, 0.2) is 11.6 Å². The Hall–Kier alpha value is -1.78. The van der Waals surface area contributed by atoms with Crippen LogP contribution in [0.5, 0.6) is 5.75 Å². The first-order valence-electron chi connectivity index (χ1n) is 7.12. The number of nitrogens with zero attached hydrogens (tertiary/aromatic N) is 1. The van der Waals surface area contributed by atoms with Gasteiger partial charge in [-0.15, -0.1) is 0 Å². The molecule has 2 fully saturated rings. The van der Waals surface area contributed by atoms with Crippen LogP contribution in [0.2, 0.25) is 0 Å². The molecule has 2 saturated heterocycles. The van der Waals surface area contributed by atoms with E-state index in [1.165, 1.54) is 25.7 Å². The van der Waals surface area contributed by atoms with Crippen LogP contribution in [0, 0.1) is 5.82 Å². The number of amides is 2. The highest BCUT2D eigenvalue weighted by atomic mass is 19.1. The Morgan fingerprint density at radius 1 is 1.30 bits per heavy atom. The first kappa shape index (κ1) is 13.2. The van der Waals surface area contributed by atoms with Crippen molar-refractivity contribution in [1.82, 2.24) is 4.90 Å². The van der Waals surface area contributed by atoms with Crippen LogP contribution in [0.25, 0.3) is 0 Å². The van der Waals surface area contributed by atoms with E-state index in [1.807, 2.05) is 4.90 Å². The molecule has 0 aliphatic carbocycles. The van der Waals surface area contributed by atoms with Gasteiger partial charge in [-0.05, 0) is 44.2 Å². The molecule has 5 heteroatoms. The van der Waals surface area contributed by atoms with Gasteiger partial charge in [-0.2, -0.15) is 0 Å². The van der Waals surface area contributed by atoms with Crippen molar-refractivity contribution in [2.45, 2.75) is 44.2 Å². The van der Waals surface area contributed by atoms with Crippen LogP contribution in [0.3, 0.4) is 0 Å². The van der Waals surface area contributed by atoms with E-state index in [4.69, 9.17) is 4.74 Å². The number of hydrogen-bond acceptors (Lipinski definition) is 2. The lowest BCUT2D eigenvalue weighted by Gasteiger charge is -2.34. The Bertz CT molecular complexity index is 505. The molecule has 4 nitrogen and oxygen atoms in total. The lowest BCUT2D eigenvalue weighted by molar-refractivity contribution is 0.159. The third kappa shape index (κ3) is 2.32. The fraction of sp³-hybridized carbons (Fsp3) is 0.533. The molecule has 2 aliphatic heterocycles. The maximum atomic E-state index is 13.6. The number of ether oxygens (including phenoxy) is 1. The molecule has 0 saturated carbocycles. The second-order valence-corrected chi connectivity index (χ2v) is 5.50. The fourth-order valence-electron chi connectivity index (χ4n) is 3.38. The van der Waals surface area contributed by atoms with Crippen LogP contribution in [0.1, 0.15) is 32.1 Å². The number of halogens is 1. The molecule has 2 heterocycles. The standard InChI is InChI=1S/C15H19FN2O2/c1-20-14-8-5-10(9-13(14)16)17-15(19)18-11-3-2-4-12(18)7-6-11/h5,8-9,11-12H,2-4,6-7H2,1H3,(H,17,19). The summed E-state index contributed by atoms with van der Waals surface area (Å²) in [6.45, 7) is 0. The molecule has 1 N–H and O–H groups in total. The monoisotopic (exact) mass is 278 g/mol. The molecule has 2 unspecified atom stereocenters. The van der Waals surface area contributed by atoms with Gasteiger partial charge in [0, 0.05) is 23.8 Å². The van der Waals surface area contributed by atoms with Gasteiger partial charge in [0.25, 0.3) is 0 Å². The van der Waals surface area contributed by atoms with Crippen molar-refractivity contribution < 1.29 is 13.9 Å². The van der Waals surface area contributed by atoms with Crippen LogP contribution >= 0.6 is 0 Å². The lowest BCUT2D eigenvalue weighted by atomic mass is 10.0. The highest BCUT2D eigenvalue weighted by Crippen LogP contribution is 2.35. The van der Waals surface area contributed by atoms with Crippen LogP contribution in [0.4, 0.5) is 14.9 Å². The van der Waals surface area contributed by atoms with Gasteiger partial charge in [-0.25, -0.2) is 9.18 Å².